The van der Waals surface area contributed by atoms with E-state index in [9.17, 15) is 9.18 Å². The number of halogens is 1. The average Bonchev–Trinajstić information content (AvgIpc) is 3.21. The smallest absolute Gasteiger partial charge is 0.226 e. The first-order valence-electron chi connectivity index (χ1n) is 7.24. The molecule has 1 aromatic rings. The van der Waals surface area contributed by atoms with Crippen LogP contribution in [-0.2, 0) is 9.53 Å². The molecule has 108 valence electrons. The second-order valence-corrected chi connectivity index (χ2v) is 5.95. The number of nitrogens with zero attached hydrogens (tertiary/aromatic N) is 1. The molecule has 4 unspecified atom stereocenters. The fourth-order valence-electron chi connectivity index (χ4n) is 3.01. The molecule has 0 spiro atoms. The summed E-state index contributed by atoms with van der Waals surface area (Å²) in [5.74, 6) is -0.0502. The van der Waals surface area contributed by atoms with Gasteiger partial charge in [0.05, 0.1) is 18.8 Å². The van der Waals surface area contributed by atoms with Crippen molar-refractivity contribution in [2.45, 2.75) is 38.3 Å². The Morgan fingerprint density at radius 2 is 2.10 bits per heavy atom. The number of benzene rings is 1. The molecular weight excluding hydrogens is 257 g/mol. The predicted molar refractivity (Wildman–Crippen MR) is 73.8 cm³/mol. The highest BCUT2D eigenvalue weighted by Crippen LogP contribution is 2.49. The molecule has 1 aliphatic carbocycles. The Bertz CT molecular complexity index is 519. The summed E-state index contributed by atoms with van der Waals surface area (Å²) in [6.07, 6.45) is 0.846. The van der Waals surface area contributed by atoms with Gasteiger partial charge < -0.3 is 9.64 Å². The van der Waals surface area contributed by atoms with E-state index in [4.69, 9.17) is 4.74 Å². The molecule has 20 heavy (non-hydrogen) atoms. The lowest BCUT2D eigenvalue weighted by molar-refractivity contribution is -0.144. The molecule has 1 saturated heterocycles. The molecule has 1 aromatic carbocycles. The average molecular weight is 277 g/mol. The van der Waals surface area contributed by atoms with Gasteiger partial charge in [0.2, 0.25) is 5.91 Å². The molecule has 2 aliphatic rings. The molecule has 0 radical (unpaired) electrons. The van der Waals surface area contributed by atoms with Crippen LogP contribution in [0.1, 0.15) is 31.7 Å². The second-order valence-electron chi connectivity index (χ2n) is 5.95. The SMILES string of the molecule is CC1CN(C(=O)C2CC2c2ccccc2F)C(C)CO1. The van der Waals surface area contributed by atoms with Crippen LogP contribution in [-0.4, -0.2) is 36.1 Å². The number of hydrogen-bond acceptors (Lipinski definition) is 2. The molecule has 2 fully saturated rings. The zero-order chi connectivity index (χ0) is 14.3. The van der Waals surface area contributed by atoms with Crippen molar-refractivity contribution in [2.24, 2.45) is 5.92 Å². The third-order valence-electron chi connectivity index (χ3n) is 4.30. The summed E-state index contributed by atoms with van der Waals surface area (Å²) in [6, 6.07) is 6.88. The van der Waals surface area contributed by atoms with Crippen LogP contribution in [0.15, 0.2) is 24.3 Å². The molecule has 4 atom stereocenters. The topological polar surface area (TPSA) is 29.5 Å². The lowest BCUT2D eigenvalue weighted by atomic mass is 10.1. The first kappa shape index (κ1) is 13.6. The van der Waals surface area contributed by atoms with E-state index in [0.717, 1.165) is 6.42 Å². The van der Waals surface area contributed by atoms with E-state index in [1.54, 1.807) is 12.1 Å². The highest BCUT2D eigenvalue weighted by molar-refractivity contribution is 5.83. The summed E-state index contributed by atoms with van der Waals surface area (Å²) >= 11 is 0. The number of hydrogen-bond donors (Lipinski definition) is 0. The van der Waals surface area contributed by atoms with Crippen molar-refractivity contribution in [2.75, 3.05) is 13.2 Å². The van der Waals surface area contributed by atoms with Crippen LogP contribution in [0.4, 0.5) is 4.39 Å². The van der Waals surface area contributed by atoms with E-state index >= 15 is 0 Å². The van der Waals surface area contributed by atoms with Gasteiger partial charge in [-0.15, -0.1) is 0 Å². The zero-order valence-corrected chi connectivity index (χ0v) is 11.9. The molecule has 1 amide bonds. The van der Waals surface area contributed by atoms with Crippen molar-refractivity contribution < 1.29 is 13.9 Å². The van der Waals surface area contributed by atoms with Gasteiger partial charge in [-0.25, -0.2) is 4.39 Å². The van der Waals surface area contributed by atoms with Gasteiger partial charge in [0, 0.05) is 12.5 Å². The quantitative estimate of drug-likeness (QED) is 0.831. The van der Waals surface area contributed by atoms with Gasteiger partial charge in [-0.2, -0.15) is 0 Å². The molecule has 4 heteroatoms. The number of carbonyl (C=O) groups is 1. The van der Waals surface area contributed by atoms with Crippen molar-refractivity contribution in [3.63, 3.8) is 0 Å². The van der Waals surface area contributed by atoms with Crippen molar-refractivity contribution in [3.05, 3.63) is 35.6 Å². The monoisotopic (exact) mass is 277 g/mol. The highest BCUT2D eigenvalue weighted by Gasteiger charge is 2.48. The highest BCUT2D eigenvalue weighted by atomic mass is 19.1. The zero-order valence-electron chi connectivity index (χ0n) is 11.9. The number of ether oxygens (including phenoxy) is 1. The van der Waals surface area contributed by atoms with E-state index in [1.165, 1.54) is 6.07 Å². The van der Waals surface area contributed by atoms with Crippen molar-refractivity contribution >= 4 is 5.91 Å². The fourth-order valence-corrected chi connectivity index (χ4v) is 3.01. The van der Waals surface area contributed by atoms with Gasteiger partial charge in [0.15, 0.2) is 0 Å². The first-order valence-corrected chi connectivity index (χ1v) is 7.24. The predicted octanol–water partition coefficient (Wildman–Crippen LogP) is 2.57. The van der Waals surface area contributed by atoms with Gasteiger partial charge in [-0.1, -0.05) is 18.2 Å². The largest absolute Gasteiger partial charge is 0.375 e. The molecule has 1 saturated carbocycles. The maximum atomic E-state index is 13.8. The van der Waals surface area contributed by atoms with E-state index < -0.39 is 0 Å². The van der Waals surface area contributed by atoms with E-state index in [0.29, 0.717) is 18.7 Å². The van der Waals surface area contributed by atoms with Crippen molar-refractivity contribution in [3.8, 4) is 0 Å². The Labute approximate surface area is 118 Å². The maximum absolute atomic E-state index is 13.8. The van der Waals surface area contributed by atoms with Gasteiger partial charge in [-0.05, 0) is 37.8 Å². The third-order valence-corrected chi connectivity index (χ3v) is 4.30. The summed E-state index contributed by atoms with van der Waals surface area (Å²) in [6.45, 7) is 5.21. The van der Waals surface area contributed by atoms with Gasteiger partial charge in [0.25, 0.3) is 0 Å². The van der Waals surface area contributed by atoms with Gasteiger partial charge in [-0.3, -0.25) is 4.79 Å². The van der Waals surface area contributed by atoms with E-state index in [2.05, 4.69) is 0 Å². The van der Waals surface area contributed by atoms with Crippen LogP contribution in [0.5, 0.6) is 0 Å². The van der Waals surface area contributed by atoms with Crippen LogP contribution in [0.2, 0.25) is 0 Å². The van der Waals surface area contributed by atoms with Crippen LogP contribution in [0.25, 0.3) is 0 Å². The minimum absolute atomic E-state index is 0.0500. The van der Waals surface area contributed by atoms with Crippen LogP contribution < -0.4 is 0 Å². The molecule has 0 bridgehead atoms. The van der Waals surface area contributed by atoms with Crippen molar-refractivity contribution in [1.29, 1.82) is 0 Å². The van der Waals surface area contributed by atoms with Crippen LogP contribution in [0, 0.1) is 11.7 Å². The molecule has 3 nitrogen and oxygen atoms in total. The molecule has 3 rings (SSSR count). The van der Waals surface area contributed by atoms with Gasteiger partial charge in [0.1, 0.15) is 5.82 Å². The molecule has 0 N–H and O–H groups in total. The van der Waals surface area contributed by atoms with E-state index in [1.807, 2.05) is 24.8 Å². The summed E-state index contributed by atoms with van der Waals surface area (Å²) in [7, 11) is 0. The fraction of sp³-hybridized carbons (Fsp3) is 0.562. The van der Waals surface area contributed by atoms with Crippen LogP contribution >= 0.6 is 0 Å². The van der Waals surface area contributed by atoms with Crippen LogP contribution in [0.3, 0.4) is 0 Å². The Hall–Kier alpha value is -1.42. The number of rotatable bonds is 2. The first-order chi connectivity index (χ1) is 9.58. The molecular formula is C16H20FNO2. The number of carbonyl (C=O) groups excluding carboxylic acids is 1. The standard InChI is InChI=1S/C16H20FNO2/c1-10-9-20-11(2)8-18(10)16(19)14-7-13(14)12-5-3-4-6-15(12)17/h3-6,10-11,13-14H,7-9H2,1-2H3. The maximum Gasteiger partial charge on any atom is 0.226 e. The normalized spacial score (nSPS) is 33.0. The molecule has 1 aliphatic heterocycles. The number of morpholine rings is 1. The summed E-state index contributed by atoms with van der Waals surface area (Å²) < 4.78 is 19.3. The minimum Gasteiger partial charge on any atom is -0.375 e. The van der Waals surface area contributed by atoms with E-state index in [-0.39, 0.29) is 35.7 Å². The van der Waals surface area contributed by atoms with Gasteiger partial charge >= 0.3 is 0 Å². The number of amides is 1. The summed E-state index contributed by atoms with van der Waals surface area (Å²) in [4.78, 5) is 14.5. The Morgan fingerprint density at radius 1 is 1.35 bits per heavy atom. The molecule has 1 heterocycles. The Morgan fingerprint density at radius 3 is 2.85 bits per heavy atom. The van der Waals surface area contributed by atoms with Crippen molar-refractivity contribution in [1.82, 2.24) is 4.90 Å². The lowest BCUT2D eigenvalue weighted by Gasteiger charge is -2.37. The minimum atomic E-state index is -0.198. The Balaban J connectivity index is 1.70. The summed E-state index contributed by atoms with van der Waals surface area (Å²) in [5.41, 5.74) is 0.680. The third kappa shape index (κ3) is 2.44. The summed E-state index contributed by atoms with van der Waals surface area (Å²) in [5, 5.41) is 0. The second kappa shape index (κ2) is 5.17. The lowest BCUT2D eigenvalue weighted by Crippen LogP contribution is -2.50. The molecule has 0 aromatic heterocycles. The Kier molecular flexibility index (Phi) is 3.50.